The molecule has 1 N–H and O–H groups in total. The fraction of sp³-hybridized carbons (Fsp3) is 0.632. The van der Waals surface area contributed by atoms with Gasteiger partial charge in [-0.2, -0.15) is 0 Å². The van der Waals surface area contributed by atoms with Gasteiger partial charge in [-0.05, 0) is 45.0 Å². The summed E-state index contributed by atoms with van der Waals surface area (Å²) in [5, 5.41) is 2.96. The van der Waals surface area contributed by atoms with E-state index >= 15 is 0 Å². The number of anilines is 1. The summed E-state index contributed by atoms with van der Waals surface area (Å²) >= 11 is 0. The third-order valence-electron chi connectivity index (χ3n) is 4.39. The van der Waals surface area contributed by atoms with Crippen LogP contribution >= 0.6 is 0 Å². The second-order valence-corrected chi connectivity index (χ2v) is 6.32. The number of ether oxygens (including phenoxy) is 2. The second-order valence-electron chi connectivity index (χ2n) is 6.32. The molecule has 0 saturated carbocycles. The van der Waals surface area contributed by atoms with E-state index in [9.17, 15) is 4.79 Å². The van der Waals surface area contributed by atoms with Gasteiger partial charge in [0.15, 0.2) is 0 Å². The van der Waals surface area contributed by atoms with Crippen LogP contribution in [0.4, 0.5) is 5.69 Å². The van der Waals surface area contributed by atoms with Gasteiger partial charge in [-0.3, -0.25) is 14.6 Å². The summed E-state index contributed by atoms with van der Waals surface area (Å²) in [7, 11) is 0. The maximum Gasteiger partial charge on any atom is 0.238 e. The van der Waals surface area contributed by atoms with E-state index in [1.807, 2.05) is 38.1 Å². The van der Waals surface area contributed by atoms with Crippen molar-refractivity contribution in [2.45, 2.75) is 26.8 Å². The molecule has 25 heavy (non-hydrogen) atoms. The van der Waals surface area contributed by atoms with Gasteiger partial charge in [0.05, 0.1) is 19.8 Å². The zero-order valence-electron chi connectivity index (χ0n) is 15.7. The third-order valence-corrected chi connectivity index (χ3v) is 4.39. The Kier molecular flexibility index (Phi) is 8.18. The summed E-state index contributed by atoms with van der Waals surface area (Å²) in [5.74, 6) is 0.844. The second kappa shape index (κ2) is 10.4. The van der Waals surface area contributed by atoms with Gasteiger partial charge in [-0.25, -0.2) is 0 Å². The van der Waals surface area contributed by atoms with Crippen LogP contribution in [0.15, 0.2) is 24.3 Å². The number of benzene rings is 1. The van der Waals surface area contributed by atoms with Gasteiger partial charge in [-0.15, -0.1) is 0 Å². The predicted octanol–water partition coefficient (Wildman–Crippen LogP) is 2.07. The quantitative estimate of drug-likeness (QED) is 0.692. The number of carbonyl (C=O) groups is 1. The Morgan fingerprint density at radius 3 is 2.60 bits per heavy atom. The van der Waals surface area contributed by atoms with Crippen molar-refractivity contribution >= 4 is 11.6 Å². The Morgan fingerprint density at radius 2 is 1.96 bits per heavy atom. The largest absolute Gasteiger partial charge is 0.494 e. The highest BCUT2D eigenvalue weighted by Gasteiger charge is 2.24. The van der Waals surface area contributed by atoms with Gasteiger partial charge in [0.1, 0.15) is 5.75 Å². The van der Waals surface area contributed by atoms with E-state index in [4.69, 9.17) is 9.47 Å². The number of nitrogens with one attached hydrogen (secondary N) is 1. The highest BCUT2D eigenvalue weighted by Crippen LogP contribution is 2.16. The lowest BCUT2D eigenvalue weighted by atomic mass is 10.2. The molecule has 1 aromatic carbocycles. The van der Waals surface area contributed by atoms with Crippen LogP contribution in [0.1, 0.15) is 20.8 Å². The highest BCUT2D eigenvalue weighted by molar-refractivity contribution is 5.92. The molecule has 0 aliphatic carbocycles. The van der Waals surface area contributed by atoms with E-state index in [2.05, 4.69) is 22.0 Å². The normalized spacial score (nSPS) is 18.9. The van der Waals surface area contributed by atoms with Gasteiger partial charge in [0.2, 0.25) is 5.91 Å². The molecule has 6 heteroatoms. The Morgan fingerprint density at radius 1 is 1.20 bits per heavy atom. The van der Waals surface area contributed by atoms with Crippen molar-refractivity contribution in [3.63, 3.8) is 0 Å². The van der Waals surface area contributed by atoms with E-state index in [1.54, 1.807) is 0 Å². The minimum atomic E-state index is 0.0270. The lowest BCUT2D eigenvalue weighted by Crippen LogP contribution is -2.54. The van der Waals surface area contributed by atoms with Crippen LogP contribution in [-0.4, -0.2) is 74.3 Å². The van der Waals surface area contributed by atoms with E-state index in [1.165, 1.54) is 0 Å². The zero-order valence-corrected chi connectivity index (χ0v) is 15.7. The number of nitrogens with zero attached hydrogens (tertiary/aromatic N) is 2. The summed E-state index contributed by atoms with van der Waals surface area (Å²) in [5.41, 5.74) is 0.803. The molecule has 140 valence electrons. The summed E-state index contributed by atoms with van der Waals surface area (Å²) in [6.45, 7) is 12.5. The maximum absolute atomic E-state index is 12.3. The van der Waals surface area contributed by atoms with Crippen LogP contribution < -0.4 is 10.1 Å². The van der Waals surface area contributed by atoms with Crippen LogP contribution in [0.2, 0.25) is 0 Å². The van der Waals surface area contributed by atoms with Crippen LogP contribution in [-0.2, 0) is 9.53 Å². The number of rotatable bonds is 9. The van der Waals surface area contributed by atoms with Gasteiger partial charge in [0.25, 0.3) is 0 Å². The van der Waals surface area contributed by atoms with Crippen molar-refractivity contribution in [2.75, 3.05) is 57.9 Å². The lowest BCUT2D eigenvalue weighted by Gasteiger charge is -2.39. The van der Waals surface area contributed by atoms with Crippen molar-refractivity contribution in [3.8, 4) is 5.75 Å². The smallest absolute Gasteiger partial charge is 0.238 e. The first-order valence-corrected chi connectivity index (χ1v) is 9.19. The molecule has 0 radical (unpaired) electrons. The van der Waals surface area contributed by atoms with Gasteiger partial charge in [0, 0.05) is 44.5 Å². The van der Waals surface area contributed by atoms with Crippen LogP contribution in [0.3, 0.4) is 0 Å². The molecule has 1 amide bonds. The fourth-order valence-corrected chi connectivity index (χ4v) is 3.08. The van der Waals surface area contributed by atoms with Crippen molar-refractivity contribution in [2.24, 2.45) is 0 Å². The average Bonchev–Trinajstić information content (AvgIpc) is 2.59. The molecule has 6 nitrogen and oxygen atoms in total. The van der Waals surface area contributed by atoms with E-state index in [0.29, 0.717) is 19.2 Å². The Bertz CT molecular complexity index is 521. The maximum atomic E-state index is 12.3. The van der Waals surface area contributed by atoms with E-state index in [-0.39, 0.29) is 5.91 Å². The SMILES string of the molecule is CCOCCN1CCN(CC(=O)Nc2ccc(OCC)cc2)CC1C. The van der Waals surface area contributed by atoms with Gasteiger partial charge >= 0.3 is 0 Å². The third kappa shape index (κ3) is 6.65. The summed E-state index contributed by atoms with van der Waals surface area (Å²) in [6.07, 6.45) is 0. The molecule has 1 heterocycles. The minimum Gasteiger partial charge on any atom is -0.494 e. The minimum absolute atomic E-state index is 0.0270. The highest BCUT2D eigenvalue weighted by atomic mass is 16.5. The number of carbonyl (C=O) groups excluding carboxylic acids is 1. The zero-order chi connectivity index (χ0) is 18.1. The molecule has 1 aliphatic rings. The van der Waals surface area contributed by atoms with E-state index < -0.39 is 0 Å². The molecule has 1 atom stereocenters. The Hall–Kier alpha value is -1.63. The topological polar surface area (TPSA) is 54.0 Å². The molecule has 0 spiro atoms. The van der Waals surface area contributed by atoms with Gasteiger partial charge in [-0.1, -0.05) is 0 Å². The Labute approximate surface area is 151 Å². The summed E-state index contributed by atoms with van der Waals surface area (Å²) in [6, 6.07) is 7.93. The first-order valence-electron chi connectivity index (χ1n) is 9.19. The molecule has 1 aliphatic heterocycles. The molecule has 1 saturated heterocycles. The van der Waals surface area contributed by atoms with Crippen molar-refractivity contribution in [3.05, 3.63) is 24.3 Å². The molecule has 1 aromatic rings. The fourth-order valence-electron chi connectivity index (χ4n) is 3.08. The standard InChI is InChI=1S/C19H31N3O3/c1-4-24-13-12-22-11-10-21(14-16(22)3)15-19(23)20-17-6-8-18(9-7-17)25-5-2/h6-9,16H,4-5,10-15H2,1-3H3,(H,20,23). The molecule has 0 bridgehead atoms. The number of hydrogen-bond donors (Lipinski definition) is 1. The van der Waals surface area contributed by atoms with E-state index in [0.717, 1.165) is 50.8 Å². The summed E-state index contributed by atoms with van der Waals surface area (Å²) < 4.78 is 10.8. The van der Waals surface area contributed by atoms with Crippen molar-refractivity contribution in [1.82, 2.24) is 9.80 Å². The van der Waals surface area contributed by atoms with Crippen LogP contribution in [0.25, 0.3) is 0 Å². The molecular formula is C19H31N3O3. The molecule has 0 aromatic heterocycles. The van der Waals surface area contributed by atoms with Crippen LogP contribution in [0, 0.1) is 0 Å². The van der Waals surface area contributed by atoms with Crippen molar-refractivity contribution in [1.29, 1.82) is 0 Å². The van der Waals surface area contributed by atoms with Gasteiger partial charge < -0.3 is 14.8 Å². The monoisotopic (exact) mass is 349 g/mol. The first-order chi connectivity index (χ1) is 12.1. The average molecular weight is 349 g/mol. The number of amides is 1. The molecular weight excluding hydrogens is 318 g/mol. The predicted molar refractivity (Wildman–Crippen MR) is 100 cm³/mol. The van der Waals surface area contributed by atoms with Crippen LogP contribution in [0.5, 0.6) is 5.75 Å². The Balaban J connectivity index is 1.74. The number of hydrogen-bond acceptors (Lipinski definition) is 5. The molecule has 1 unspecified atom stereocenters. The first kappa shape index (κ1) is 19.7. The molecule has 2 rings (SSSR count). The van der Waals surface area contributed by atoms with Crippen molar-refractivity contribution < 1.29 is 14.3 Å². The number of piperazine rings is 1. The summed E-state index contributed by atoms with van der Waals surface area (Å²) in [4.78, 5) is 16.9. The lowest BCUT2D eigenvalue weighted by molar-refractivity contribution is -0.118. The molecule has 1 fully saturated rings.